The Morgan fingerprint density at radius 2 is 2.20 bits per heavy atom. The van der Waals surface area contributed by atoms with E-state index in [2.05, 4.69) is 30.6 Å². The number of H-pyrrole nitrogens is 1. The highest BCUT2D eigenvalue weighted by atomic mass is 79.9. The van der Waals surface area contributed by atoms with Crippen LogP contribution in [-0.2, 0) is 16.4 Å². The number of nitrogens with zero attached hydrogens (tertiary/aromatic N) is 1. The molecule has 0 atom stereocenters. The summed E-state index contributed by atoms with van der Waals surface area (Å²) in [6, 6.07) is 3.47. The first-order valence-corrected chi connectivity index (χ1v) is 8.19. The van der Waals surface area contributed by atoms with Gasteiger partial charge in [-0.2, -0.15) is 0 Å². The fourth-order valence-corrected chi connectivity index (χ4v) is 3.79. The van der Waals surface area contributed by atoms with Gasteiger partial charge in [0.15, 0.2) is 0 Å². The maximum absolute atomic E-state index is 12.9. The summed E-state index contributed by atoms with van der Waals surface area (Å²) in [5.74, 6) is 0.320. The van der Waals surface area contributed by atoms with Gasteiger partial charge < -0.3 is 4.98 Å². The summed E-state index contributed by atoms with van der Waals surface area (Å²) in [5, 5.41) is 0. The van der Waals surface area contributed by atoms with Gasteiger partial charge in [0, 0.05) is 29.8 Å². The van der Waals surface area contributed by atoms with E-state index in [1.54, 1.807) is 12.4 Å². The molecule has 0 unspecified atom stereocenters. The Morgan fingerprint density at radius 1 is 1.40 bits per heavy atom. The van der Waals surface area contributed by atoms with Crippen LogP contribution >= 0.6 is 15.9 Å². The topological polar surface area (TPSA) is 74.8 Å². The minimum absolute atomic E-state index is 0.0249. The highest BCUT2D eigenvalue weighted by Gasteiger charge is 2.17. The predicted molar refractivity (Wildman–Crippen MR) is 76.2 cm³/mol. The predicted octanol–water partition coefficient (Wildman–Crippen LogP) is 2.22. The van der Waals surface area contributed by atoms with Crippen LogP contribution < -0.4 is 4.72 Å². The fraction of sp³-hybridized carbons (Fsp3) is 0.250. The average Bonchev–Trinajstić information content (AvgIpc) is 2.87. The highest BCUT2D eigenvalue weighted by Crippen LogP contribution is 2.22. The minimum atomic E-state index is -3.64. The van der Waals surface area contributed by atoms with Crippen molar-refractivity contribution in [2.45, 2.75) is 17.7 Å². The van der Waals surface area contributed by atoms with Crippen LogP contribution in [0.4, 0.5) is 4.39 Å². The van der Waals surface area contributed by atoms with E-state index in [1.807, 2.05) is 0 Å². The van der Waals surface area contributed by atoms with Gasteiger partial charge in [-0.25, -0.2) is 22.5 Å². The second kappa shape index (κ2) is 6.47. The van der Waals surface area contributed by atoms with E-state index in [9.17, 15) is 12.8 Å². The molecule has 0 amide bonds. The number of hydrogen-bond acceptors (Lipinski definition) is 3. The molecule has 1 aromatic carbocycles. The van der Waals surface area contributed by atoms with E-state index in [4.69, 9.17) is 0 Å². The van der Waals surface area contributed by atoms with Gasteiger partial charge in [-0.15, -0.1) is 0 Å². The third-order valence-electron chi connectivity index (χ3n) is 2.62. The molecule has 1 heterocycles. The SMILES string of the molecule is O=S(=O)(NCCCc1ncc[nH]1)c1ccc(F)cc1Br. The number of aromatic nitrogens is 2. The van der Waals surface area contributed by atoms with Crippen LogP contribution in [0.1, 0.15) is 12.2 Å². The molecule has 2 N–H and O–H groups in total. The number of hydrogen-bond donors (Lipinski definition) is 2. The average molecular weight is 362 g/mol. The molecule has 0 spiro atoms. The maximum atomic E-state index is 12.9. The monoisotopic (exact) mass is 361 g/mol. The van der Waals surface area contributed by atoms with Crippen molar-refractivity contribution in [1.82, 2.24) is 14.7 Å². The molecular formula is C12H13BrFN3O2S. The Kier molecular flexibility index (Phi) is 4.90. The number of rotatable bonds is 6. The lowest BCUT2D eigenvalue weighted by Gasteiger charge is -2.08. The number of nitrogens with one attached hydrogen (secondary N) is 2. The highest BCUT2D eigenvalue weighted by molar-refractivity contribution is 9.10. The van der Waals surface area contributed by atoms with E-state index in [1.165, 1.54) is 6.07 Å². The van der Waals surface area contributed by atoms with Crippen LogP contribution in [0.2, 0.25) is 0 Å². The molecule has 2 rings (SSSR count). The standard InChI is InChI=1S/C12H13BrFN3O2S/c13-10-8-9(14)3-4-11(10)20(18,19)17-5-1-2-12-15-6-7-16-12/h3-4,6-8,17H,1-2,5H2,(H,15,16). The summed E-state index contributed by atoms with van der Waals surface area (Å²) in [4.78, 5) is 7.02. The van der Waals surface area contributed by atoms with Gasteiger partial charge >= 0.3 is 0 Å². The summed E-state index contributed by atoms with van der Waals surface area (Å²) in [6.07, 6.45) is 4.63. The molecule has 8 heteroatoms. The van der Waals surface area contributed by atoms with Crippen molar-refractivity contribution in [3.8, 4) is 0 Å². The third kappa shape index (κ3) is 3.87. The molecule has 0 radical (unpaired) electrons. The normalized spacial score (nSPS) is 11.7. The van der Waals surface area contributed by atoms with Crippen LogP contribution in [0, 0.1) is 5.82 Å². The Morgan fingerprint density at radius 3 is 2.85 bits per heavy atom. The Labute approximate surface area is 124 Å². The Balaban J connectivity index is 1.93. The molecule has 5 nitrogen and oxygen atoms in total. The summed E-state index contributed by atoms with van der Waals surface area (Å²) >= 11 is 3.05. The van der Waals surface area contributed by atoms with Gasteiger partial charge in [0.25, 0.3) is 0 Å². The van der Waals surface area contributed by atoms with E-state index in [0.29, 0.717) is 12.8 Å². The summed E-state index contributed by atoms with van der Waals surface area (Å²) in [7, 11) is -3.64. The van der Waals surface area contributed by atoms with Crippen molar-refractivity contribution < 1.29 is 12.8 Å². The van der Waals surface area contributed by atoms with E-state index >= 15 is 0 Å². The number of aromatic amines is 1. The lowest BCUT2D eigenvalue weighted by atomic mass is 10.3. The van der Waals surface area contributed by atoms with Crippen molar-refractivity contribution >= 4 is 26.0 Å². The molecule has 0 bridgehead atoms. The summed E-state index contributed by atoms with van der Waals surface area (Å²) in [5.41, 5.74) is 0. The molecule has 0 aliphatic heterocycles. The van der Waals surface area contributed by atoms with Crippen LogP contribution in [0.15, 0.2) is 40.0 Å². The lowest BCUT2D eigenvalue weighted by Crippen LogP contribution is -2.25. The zero-order valence-corrected chi connectivity index (χ0v) is 12.8. The molecule has 0 saturated heterocycles. The first kappa shape index (κ1) is 15.1. The number of imidazole rings is 1. The van der Waals surface area contributed by atoms with Crippen LogP contribution in [0.5, 0.6) is 0 Å². The second-order valence-electron chi connectivity index (χ2n) is 4.11. The summed E-state index contributed by atoms with van der Waals surface area (Å²) < 4.78 is 39.7. The van der Waals surface area contributed by atoms with Gasteiger partial charge in [-0.1, -0.05) is 0 Å². The lowest BCUT2D eigenvalue weighted by molar-refractivity contribution is 0.576. The Bertz CT molecular complexity index is 674. The number of sulfonamides is 1. The van der Waals surface area contributed by atoms with Crippen molar-refractivity contribution in [2.24, 2.45) is 0 Å². The van der Waals surface area contributed by atoms with Crippen molar-refractivity contribution in [2.75, 3.05) is 6.54 Å². The fourth-order valence-electron chi connectivity index (χ4n) is 1.67. The number of halogens is 2. The molecule has 20 heavy (non-hydrogen) atoms. The third-order valence-corrected chi connectivity index (χ3v) is 5.06. The van der Waals surface area contributed by atoms with Crippen LogP contribution in [0.25, 0.3) is 0 Å². The van der Waals surface area contributed by atoms with E-state index < -0.39 is 15.8 Å². The molecule has 1 aromatic heterocycles. The first-order valence-electron chi connectivity index (χ1n) is 5.92. The molecular weight excluding hydrogens is 349 g/mol. The van der Waals surface area contributed by atoms with Crippen LogP contribution in [0.3, 0.4) is 0 Å². The largest absolute Gasteiger partial charge is 0.349 e. The van der Waals surface area contributed by atoms with Crippen molar-refractivity contribution in [3.63, 3.8) is 0 Å². The second-order valence-corrected chi connectivity index (χ2v) is 6.70. The number of benzene rings is 1. The van der Waals surface area contributed by atoms with E-state index in [0.717, 1.165) is 18.0 Å². The minimum Gasteiger partial charge on any atom is -0.349 e. The first-order chi connectivity index (χ1) is 9.49. The van der Waals surface area contributed by atoms with Gasteiger partial charge in [-0.05, 0) is 40.5 Å². The van der Waals surface area contributed by atoms with Gasteiger partial charge in [0.1, 0.15) is 11.6 Å². The molecule has 108 valence electrons. The maximum Gasteiger partial charge on any atom is 0.241 e. The summed E-state index contributed by atoms with van der Waals surface area (Å²) in [6.45, 7) is 0.285. The molecule has 0 fully saturated rings. The van der Waals surface area contributed by atoms with Gasteiger partial charge in [-0.3, -0.25) is 0 Å². The van der Waals surface area contributed by atoms with Crippen molar-refractivity contribution in [3.05, 3.63) is 46.7 Å². The molecule has 0 saturated carbocycles. The molecule has 0 aliphatic carbocycles. The van der Waals surface area contributed by atoms with Gasteiger partial charge in [0.2, 0.25) is 10.0 Å². The van der Waals surface area contributed by atoms with Crippen molar-refractivity contribution in [1.29, 1.82) is 0 Å². The zero-order chi connectivity index (χ0) is 14.6. The number of aryl methyl sites for hydroxylation is 1. The van der Waals surface area contributed by atoms with Crippen LogP contribution in [-0.4, -0.2) is 24.9 Å². The quantitative estimate of drug-likeness (QED) is 0.774. The Hall–Kier alpha value is -1.25. The van der Waals surface area contributed by atoms with Gasteiger partial charge in [0.05, 0.1) is 4.90 Å². The molecule has 2 aromatic rings. The smallest absolute Gasteiger partial charge is 0.241 e. The zero-order valence-electron chi connectivity index (χ0n) is 10.4. The molecule has 0 aliphatic rings. The van der Waals surface area contributed by atoms with E-state index in [-0.39, 0.29) is 15.9 Å².